The molecule has 0 spiro atoms. The molecule has 1 rings (SSSR count). The highest BCUT2D eigenvalue weighted by Gasteiger charge is 2.28. The van der Waals surface area contributed by atoms with Crippen LogP contribution in [-0.4, -0.2) is 39.0 Å². The van der Waals surface area contributed by atoms with Gasteiger partial charge in [-0.05, 0) is 26.2 Å². The SMILES string of the molecule is CC1OCCC1S(=O)CCCCC(=O)O. The van der Waals surface area contributed by atoms with Gasteiger partial charge in [0.25, 0.3) is 0 Å². The average Bonchev–Trinajstić information content (AvgIpc) is 2.58. The molecule has 0 aromatic carbocycles. The topological polar surface area (TPSA) is 63.6 Å². The molecule has 1 N–H and O–H groups in total. The van der Waals surface area contributed by atoms with Gasteiger partial charge in [-0.1, -0.05) is 0 Å². The van der Waals surface area contributed by atoms with Gasteiger partial charge >= 0.3 is 5.97 Å². The Hall–Kier alpha value is -0.420. The molecule has 3 atom stereocenters. The zero-order valence-corrected chi connectivity index (χ0v) is 9.79. The molecule has 0 saturated carbocycles. The van der Waals surface area contributed by atoms with Crippen molar-refractivity contribution in [2.45, 2.75) is 44.0 Å². The van der Waals surface area contributed by atoms with Gasteiger partial charge in [0, 0.05) is 29.6 Å². The summed E-state index contributed by atoms with van der Waals surface area (Å²) in [5, 5.41) is 8.58. The van der Waals surface area contributed by atoms with E-state index < -0.39 is 16.8 Å². The van der Waals surface area contributed by atoms with Crippen LogP contribution in [0.25, 0.3) is 0 Å². The van der Waals surface area contributed by atoms with E-state index in [4.69, 9.17) is 9.84 Å². The van der Waals surface area contributed by atoms with E-state index in [1.165, 1.54) is 0 Å². The third-order valence-electron chi connectivity index (χ3n) is 2.63. The number of carboxylic acid groups (broad SMARTS) is 1. The van der Waals surface area contributed by atoms with Gasteiger partial charge < -0.3 is 9.84 Å². The molecule has 0 aromatic rings. The van der Waals surface area contributed by atoms with Gasteiger partial charge in [-0.15, -0.1) is 0 Å². The predicted molar refractivity (Wildman–Crippen MR) is 58.3 cm³/mol. The minimum Gasteiger partial charge on any atom is -0.481 e. The summed E-state index contributed by atoms with van der Waals surface area (Å²) in [4.78, 5) is 10.3. The summed E-state index contributed by atoms with van der Waals surface area (Å²) in [5.74, 6) is -0.176. The Kier molecular flexibility index (Phi) is 5.25. The Morgan fingerprint density at radius 3 is 2.80 bits per heavy atom. The minimum atomic E-state index is -0.858. The van der Waals surface area contributed by atoms with E-state index >= 15 is 0 Å². The summed E-state index contributed by atoms with van der Waals surface area (Å²) < 4.78 is 17.1. The fraction of sp³-hybridized carbons (Fsp3) is 0.900. The molecule has 0 amide bonds. The normalized spacial score (nSPS) is 27.8. The summed E-state index contributed by atoms with van der Waals surface area (Å²) in [7, 11) is -0.858. The Bertz CT molecular complexity index is 242. The van der Waals surface area contributed by atoms with E-state index in [0.717, 1.165) is 12.8 Å². The maximum Gasteiger partial charge on any atom is 0.303 e. The van der Waals surface area contributed by atoms with Crippen LogP contribution in [0.5, 0.6) is 0 Å². The minimum absolute atomic E-state index is 0.0882. The second kappa shape index (κ2) is 6.23. The molecule has 3 unspecified atom stereocenters. The van der Waals surface area contributed by atoms with E-state index in [0.29, 0.717) is 18.8 Å². The van der Waals surface area contributed by atoms with E-state index in [9.17, 15) is 9.00 Å². The molecule has 15 heavy (non-hydrogen) atoms. The second-order valence-electron chi connectivity index (χ2n) is 3.84. The third kappa shape index (κ3) is 4.30. The van der Waals surface area contributed by atoms with Crippen LogP contribution in [0, 0.1) is 0 Å². The number of hydrogen-bond acceptors (Lipinski definition) is 3. The van der Waals surface area contributed by atoms with E-state index in [1.807, 2.05) is 6.92 Å². The van der Waals surface area contributed by atoms with Gasteiger partial charge in [0.05, 0.1) is 11.4 Å². The Labute approximate surface area is 92.5 Å². The highest BCUT2D eigenvalue weighted by molar-refractivity contribution is 7.85. The molecule has 1 heterocycles. The third-order valence-corrected chi connectivity index (χ3v) is 4.62. The van der Waals surface area contributed by atoms with Crippen molar-refractivity contribution in [3.63, 3.8) is 0 Å². The summed E-state index contributed by atoms with van der Waals surface area (Å²) in [6.45, 7) is 2.65. The van der Waals surface area contributed by atoms with Gasteiger partial charge in [0.2, 0.25) is 0 Å². The van der Waals surface area contributed by atoms with Crippen molar-refractivity contribution >= 4 is 16.8 Å². The van der Waals surface area contributed by atoms with Crippen molar-refractivity contribution in [3.8, 4) is 0 Å². The molecule has 5 heteroatoms. The molecular formula is C10H18O4S. The van der Waals surface area contributed by atoms with Gasteiger partial charge in [0.1, 0.15) is 0 Å². The van der Waals surface area contributed by atoms with Crippen molar-refractivity contribution in [2.24, 2.45) is 0 Å². The highest BCUT2D eigenvalue weighted by atomic mass is 32.2. The molecule has 0 aliphatic carbocycles. The van der Waals surface area contributed by atoms with Crippen molar-refractivity contribution < 1.29 is 18.8 Å². The van der Waals surface area contributed by atoms with Crippen LogP contribution in [0.2, 0.25) is 0 Å². The van der Waals surface area contributed by atoms with Gasteiger partial charge in [-0.2, -0.15) is 0 Å². The lowest BCUT2D eigenvalue weighted by atomic mass is 10.2. The standard InChI is InChI=1S/C10H18O4S/c1-8-9(5-6-14-8)15(13)7-3-2-4-10(11)12/h8-9H,2-7H2,1H3,(H,11,12). The number of hydrogen-bond donors (Lipinski definition) is 1. The molecule has 1 fully saturated rings. The molecule has 4 nitrogen and oxygen atoms in total. The van der Waals surface area contributed by atoms with Crippen LogP contribution in [0.15, 0.2) is 0 Å². The first kappa shape index (κ1) is 12.6. The first-order valence-corrected chi connectivity index (χ1v) is 6.70. The number of carbonyl (C=O) groups is 1. The number of ether oxygens (including phenoxy) is 1. The van der Waals surface area contributed by atoms with Gasteiger partial charge in [-0.25, -0.2) is 0 Å². The van der Waals surface area contributed by atoms with Crippen molar-refractivity contribution in [1.82, 2.24) is 0 Å². The van der Waals surface area contributed by atoms with Crippen molar-refractivity contribution in [1.29, 1.82) is 0 Å². The van der Waals surface area contributed by atoms with E-state index in [-0.39, 0.29) is 17.8 Å². The lowest BCUT2D eigenvalue weighted by Crippen LogP contribution is -2.24. The largest absolute Gasteiger partial charge is 0.481 e. The van der Waals surface area contributed by atoms with Crippen LogP contribution in [-0.2, 0) is 20.3 Å². The number of unbranched alkanes of at least 4 members (excludes halogenated alkanes) is 1. The van der Waals surface area contributed by atoms with Crippen molar-refractivity contribution in [3.05, 3.63) is 0 Å². The fourth-order valence-corrected chi connectivity index (χ4v) is 3.39. The maximum absolute atomic E-state index is 11.8. The molecular weight excluding hydrogens is 216 g/mol. The summed E-state index contributed by atoms with van der Waals surface area (Å²) >= 11 is 0. The number of rotatable bonds is 6. The first-order chi connectivity index (χ1) is 7.11. The molecule has 1 saturated heterocycles. The van der Waals surface area contributed by atoms with Crippen molar-refractivity contribution in [2.75, 3.05) is 12.4 Å². The lowest BCUT2D eigenvalue weighted by molar-refractivity contribution is -0.137. The average molecular weight is 234 g/mol. The molecule has 0 aromatic heterocycles. The van der Waals surface area contributed by atoms with Gasteiger partial charge in [-0.3, -0.25) is 9.00 Å². The Morgan fingerprint density at radius 1 is 1.53 bits per heavy atom. The zero-order chi connectivity index (χ0) is 11.3. The van der Waals surface area contributed by atoms with Crippen LogP contribution in [0.1, 0.15) is 32.6 Å². The fourth-order valence-electron chi connectivity index (χ4n) is 1.73. The first-order valence-electron chi connectivity index (χ1n) is 5.32. The highest BCUT2D eigenvalue weighted by Crippen LogP contribution is 2.19. The quantitative estimate of drug-likeness (QED) is 0.701. The summed E-state index contributed by atoms with van der Waals surface area (Å²) in [6, 6.07) is 0. The van der Waals surface area contributed by atoms with Crippen LogP contribution in [0.4, 0.5) is 0 Å². The van der Waals surface area contributed by atoms with Crippen LogP contribution in [0.3, 0.4) is 0 Å². The number of aliphatic carboxylic acids is 1. The summed E-state index contributed by atoms with van der Waals surface area (Å²) in [5.41, 5.74) is 0. The van der Waals surface area contributed by atoms with E-state index in [1.54, 1.807) is 0 Å². The van der Waals surface area contributed by atoms with Crippen LogP contribution >= 0.6 is 0 Å². The zero-order valence-electron chi connectivity index (χ0n) is 8.98. The molecule has 1 aliphatic rings. The molecule has 0 radical (unpaired) electrons. The molecule has 88 valence electrons. The smallest absolute Gasteiger partial charge is 0.303 e. The van der Waals surface area contributed by atoms with Gasteiger partial charge in [0.15, 0.2) is 0 Å². The Morgan fingerprint density at radius 2 is 2.27 bits per heavy atom. The second-order valence-corrected chi connectivity index (χ2v) is 5.61. The molecule has 0 bridgehead atoms. The molecule has 1 aliphatic heterocycles. The predicted octanol–water partition coefficient (Wildman–Crippen LogP) is 1.17. The number of carboxylic acids is 1. The summed E-state index contributed by atoms with van der Waals surface area (Å²) in [6.07, 6.45) is 2.47. The maximum atomic E-state index is 11.8. The van der Waals surface area contributed by atoms with E-state index in [2.05, 4.69) is 0 Å². The van der Waals surface area contributed by atoms with Crippen LogP contribution < -0.4 is 0 Å². The monoisotopic (exact) mass is 234 g/mol. The Balaban J connectivity index is 2.15. The lowest BCUT2D eigenvalue weighted by Gasteiger charge is -2.13.